The van der Waals surface area contributed by atoms with Crippen molar-refractivity contribution < 1.29 is 33.8 Å². The first-order chi connectivity index (χ1) is 13.5. The molecule has 0 radical (unpaired) electrons. The molecule has 0 spiro atoms. The van der Waals surface area contributed by atoms with E-state index in [0.717, 1.165) is 6.07 Å². The first kappa shape index (κ1) is 20.8. The zero-order chi connectivity index (χ0) is 20.7. The molecule has 8 nitrogen and oxygen atoms in total. The average Bonchev–Trinajstić information content (AvgIpc) is 2.72. The van der Waals surface area contributed by atoms with Gasteiger partial charge < -0.3 is 29.4 Å². The quantitative estimate of drug-likeness (QED) is 0.407. The van der Waals surface area contributed by atoms with Crippen LogP contribution in [-0.2, 0) is 6.42 Å². The summed E-state index contributed by atoms with van der Waals surface area (Å²) in [5, 5.41) is 25.3. The van der Waals surface area contributed by atoms with Crippen LogP contribution in [0.2, 0.25) is 0 Å². The van der Waals surface area contributed by atoms with Crippen molar-refractivity contribution in [2.45, 2.75) is 6.42 Å². The van der Waals surface area contributed by atoms with Gasteiger partial charge in [-0.1, -0.05) is 10.3 Å². The molecule has 2 rings (SSSR count). The topological polar surface area (TPSA) is 102 Å². The standard InChI is InChI=1S/C19H21FN2O6/c1-25-15-6-5-12(10-13(15)20)18(22-24)14(21-23)7-11-8-16(26-2)19(28-4)17(9-11)27-3/h5-6,8-10,23-24H,7H2,1-4H3/b21-14-,22-18+. The number of hydrogen-bond acceptors (Lipinski definition) is 8. The van der Waals surface area contributed by atoms with Gasteiger partial charge in [-0.3, -0.25) is 0 Å². The maximum Gasteiger partial charge on any atom is 0.203 e. The molecule has 0 aromatic heterocycles. The third-order valence-electron chi connectivity index (χ3n) is 4.02. The Balaban J connectivity index is 2.41. The van der Waals surface area contributed by atoms with Gasteiger partial charge in [0.25, 0.3) is 0 Å². The maximum atomic E-state index is 14.0. The molecular formula is C19H21FN2O6. The zero-order valence-corrected chi connectivity index (χ0v) is 15.9. The average molecular weight is 392 g/mol. The van der Waals surface area contributed by atoms with E-state index in [1.54, 1.807) is 12.1 Å². The molecule has 0 atom stereocenters. The summed E-state index contributed by atoms with van der Waals surface area (Å²) in [6.07, 6.45) is 0.0419. The van der Waals surface area contributed by atoms with Crippen molar-refractivity contribution in [1.29, 1.82) is 0 Å². The Hall–Kier alpha value is -3.49. The molecule has 0 heterocycles. The van der Waals surface area contributed by atoms with Crippen LogP contribution in [0.4, 0.5) is 4.39 Å². The lowest BCUT2D eigenvalue weighted by Crippen LogP contribution is -2.19. The minimum absolute atomic E-state index is 0.00124. The van der Waals surface area contributed by atoms with E-state index in [2.05, 4.69) is 10.3 Å². The second-order valence-electron chi connectivity index (χ2n) is 5.55. The third kappa shape index (κ3) is 4.25. The molecule has 0 saturated heterocycles. The van der Waals surface area contributed by atoms with Gasteiger partial charge >= 0.3 is 0 Å². The second kappa shape index (κ2) is 9.45. The molecule has 2 aromatic carbocycles. The van der Waals surface area contributed by atoms with Crippen LogP contribution in [0.25, 0.3) is 0 Å². The van der Waals surface area contributed by atoms with E-state index in [0.29, 0.717) is 22.8 Å². The zero-order valence-electron chi connectivity index (χ0n) is 15.9. The van der Waals surface area contributed by atoms with Crippen LogP contribution >= 0.6 is 0 Å². The Morgan fingerprint density at radius 3 is 1.89 bits per heavy atom. The predicted molar refractivity (Wildman–Crippen MR) is 100 cm³/mol. The highest BCUT2D eigenvalue weighted by atomic mass is 19.1. The predicted octanol–water partition coefficient (Wildman–Crippen LogP) is 3.11. The first-order valence-electron chi connectivity index (χ1n) is 8.09. The molecular weight excluding hydrogens is 371 g/mol. The van der Waals surface area contributed by atoms with Gasteiger partial charge in [-0.25, -0.2) is 4.39 Å². The van der Waals surface area contributed by atoms with Crippen LogP contribution in [0.1, 0.15) is 11.1 Å². The normalized spacial score (nSPS) is 11.9. The molecule has 2 N–H and O–H groups in total. The summed E-state index contributed by atoms with van der Waals surface area (Å²) in [7, 11) is 5.77. The van der Waals surface area contributed by atoms with Crippen molar-refractivity contribution in [3.05, 3.63) is 47.3 Å². The van der Waals surface area contributed by atoms with Crippen LogP contribution in [0.5, 0.6) is 23.0 Å². The van der Waals surface area contributed by atoms with Gasteiger partial charge in [0.05, 0.1) is 28.4 Å². The molecule has 0 saturated carbocycles. The molecule has 0 amide bonds. The Kier molecular flexibility index (Phi) is 7.02. The van der Waals surface area contributed by atoms with Gasteiger partial charge in [0.1, 0.15) is 11.4 Å². The summed E-state index contributed by atoms with van der Waals surface area (Å²) in [4.78, 5) is 0. The molecule has 150 valence electrons. The van der Waals surface area contributed by atoms with E-state index >= 15 is 0 Å². The van der Waals surface area contributed by atoms with Crippen molar-refractivity contribution in [3.63, 3.8) is 0 Å². The van der Waals surface area contributed by atoms with Crippen molar-refractivity contribution in [2.24, 2.45) is 10.3 Å². The minimum Gasteiger partial charge on any atom is -0.494 e. The molecule has 0 bridgehead atoms. The van der Waals surface area contributed by atoms with Crippen LogP contribution < -0.4 is 18.9 Å². The Bertz CT molecular complexity index is 873. The van der Waals surface area contributed by atoms with Gasteiger partial charge in [0.2, 0.25) is 5.75 Å². The molecule has 0 aliphatic heterocycles. The summed E-state index contributed by atoms with van der Waals surface area (Å²) in [6.45, 7) is 0. The lowest BCUT2D eigenvalue weighted by molar-refractivity contribution is 0.313. The van der Waals surface area contributed by atoms with Gasteiger partial charge in [-0.15, -0.1) is 0 Å². The number of nitrogens with zero attached hydrogens (tertiary/aromatic N) is 2. The number of hydrogen-bond donors (Lipinski definition) is 2. The molecule has 0 aliphatic carbocycles. The van der Waals surface area contributed by atoms with Crippen molar-refractivity contribution in [1.82, 2.24) is 0 Å². The number of rotatable bonds is 8. The van der Waals surface area contributed by atoms with E-state index < -0.39 is 5.82 Å². The highest BCUT2D eigenvalue weighted by Gasteiger charge is 2.19. The molecule has 9 heteroatoms. The lowest BCUT2D eigenvalue weighted by Gasteiger charge is -2.15. The number of benzene rings is 2. The molecule has 28 heavy (non-hydrogen) atoms. The van der Waals surface area contributed by atoms with Gasteiger partial charge in [-0.2, -0.15) is 0 Å². The number of ether oxygens (including phenoxy) is 4. The SMILES string of the molecule is COc1ccc(C(=N\O)/C(Cc2cc(OC)c(OC)c(OC)c2)=N\O)cc1F. The van der Waals surface area contributed by atoms with E-state index in [1.807, 2.05) is 0 Å². The van der Waals surface area contributed by atoms with E-state index in [4.69, 9.17) is 18.9 Å². The lowest BCUT2D eigenvalue weighted by atomic mass is 9.99. The van der Waals surface area contributed by atoms with E-state index in [1.165, 1.54) is 40.6 Å². The Labute approximate surface area is 161 Å². The minimum atomic E-state index is -0.647. The Morgan fingerprint density at radius 1 is 0.857 bits per heavy atom. The monoisotopic (exact) mass is 392 g/mol. The highest BCUT2D eigenvalue weighted by Crippen LogP contribution is 2.38. The van der Waals surface area contributed by atoms with Crippen molar-refractivity contribution in [3.8, 4) is 23.0 Å². The third-order valence-corrected chi connectivity index (χ3v) is 4.02. The second-order valence-corrected chi connectivity index (χ2v) is 5.55. The Morgan fingerprint density at radius 2 is 1.46 bits per heavy atom. The van der Waals surface area contributed by atoms with Crippen LogP contribution in [-0.4, -0.2) is 50.3 Å². The summed E-state index contributed by atoms with van der Waals surface area (Å²) >= 11 is 0. The van der Waals surface area contributed by atoms with Gasteiger partial charge in [-0.05, 0) is 35.9 Å². The molecule has 0 aliphatic rings. The van der Waals surface area contributed by atoms with Crippen molar-refractivity contribution in [2.75, 3.05) is 28.4 Å². The largest absolute Gasteiger partial charge is 0.494 e. The fourth-order valence-electron chi connectivity index (χ4n) is 2.69. The van der Waals surface area contributed by atoms with Crippen LogP contribution in [0.3, 0.4) is 0 Å². The summed E-state index contributed by atoms with van der Waals surface area (Å²) in [5.41, 5.74) is 0.734. The number of halogens is 1. The van der Waals surface area contributed by atoms with E-state index in [9.17, 15) is 14.8 Å². The molecule has 2 aromatic rings. The number of oxime groups is 2. The molecule has 0 unspecified atom stereocenters. The maximum absolute atomic E-state index is 14.0. The highest BCUT2D eigenvalue weighted by molar-refractivity contribution is 6.48. The first-order valence-corrected chi connectivity index (χ1v) is 8.09. The molecule has 0 fully saturated rings. The summed E-state index contributed by atoms with van der Waals surface area (Å²) in [6, 6.07) is 7.31. The number of methoxy groups -OCH3 is 4. The summed E-state index contributed by atoms with van der Waals surface area (Å²) in [5.74, 6) is 0.614. The van der Waals surface area contributed by atoms with Crippen LogP contribution in [0.15, 0.2) is 40.6 Å². The summed E-state index contributed by atoms with van der Waals surface area (Å²) < 4.78 is 34.7. The van der Waals surface area contributed by atoms with Crippen LogP contribution in [0, 0.1) is 5.82 Å². The smallest absolute Gasteiger partial charge is 0.203 e. The fraction of sp³-hybridized carbons (Fsp3) is 0.263. The fourth-order valence-corrected chi connectivity index (χ4v) is 2.69. The van der Waals surface area contributed by atoms with E-state index in [-0.39, 0.29) is 29.2 Å². The van der Waals surface area contributed by atoms with Crippen molar-refractivity contribution >= 4 is 11.4 Å². The van der Waals surface area contributed by atoms with Gasteiger partial charge in [0, 0.05) is 12.0 Å². The van der Waals surface area contributed by atoms with Gasteiger partial charge in [0.15, 0.2) is 23.1 Å².